The molecule has 1 saturated heterocycles. The molecule has 0 amide bonds. The van der Waals surface area contributed by atoms with Gasteiger partial charge in [0.15, 0.2) is 0 Å². The van der Waals surface area contributed by atoms with Crippen molar-refractivity contribution in [3.63, 3.8) is 0 Å². The van der Waals surface area contributed by atoms with Crippen molar-refractivity contribution in [2.75, 3.05) is 12.3 Å². The van der Waals surface area contributed by atoms with Gasteiger partial charge in [0.2, 0.25) is 0 Å². The molecule has 1 aromatic heterocycles. The fourth-order valence-corrected chi connectivity index (χ4v) is 5.67. The first kappa shape index (κ1) is 41.2. The molecule has 0 saturated carbocycles. The number of phosphoric ester groups is 1. The molecule has 41 heavy (non-hydrogen) atoms. The van der Waals surface area contributed by atoms with E-state index in [0.717, 1.165) is 25.7 Å². The Kier molecular flexibility index (Phi) is 23.7. The first-order valence-electron chi connectivity index (χ1n) is 14.6. The van der Waals surface area contributed by atoms with Gasteiger partial charge < -0.3 is 34.3 Å². The molecule has 1 aromatic rings. The van der Waals surface area contributed by atoms with Gasteiger partial charge in [-0.25, -0.2) is 4.79 Å². The molecule has 2 N–H and O–H groups in total. The number of rotatable bonds is 22. The quantitative estimate of drug-likeness (QED) is 0.0873. The number of ether oxygens (including phenoxy) is 1. The molecule has 0 bridgehead atoms. The molecule has 1 fully saturated rings. The molecule has 4 atom stereocenters. The zero-order valence-electron chi connectivity index (χ0n) is 25.3. The van der Waals surface area contributed by atoms with Gasteiger partial charge in [0.25, 0.3) is 7.82 Å². The van der Waals surface area contributed by atoms with Crippen LogP contribution in [0.4, 0.5) is 5.82 Å². The summed E-state index contributed by atoms with van der Waals surface area (Å²) < 4.78 is 28.9. The zero-order valence-corrected chi connectivity index (χ0v) is 30.2. The third kappa shape index (κ3) is 17.9. The summed E-state index contributed by atoms with van der Waals surface area (Å²) in [6, 6.07) is 1.46. The van der Waals surface area contributed by atoms with Crippen molar-refractivity contribution in [1.29, 1.82) is 0 Å². The molecular formula is C27H46N3Na2O8P. The van der Waals surface area contributed by atoms with E-state index in [2.05, 4.69) is 11.9 Å². The number of unbranched alkanes of at least 4 members (excludes halogenated alkanes) is 13. The Hall–Kier alpha value is 0.220. The van der Waals surface area contributed by atoms with Crippen LogP contribution in [0, 0.1) is 0 Å². The Morgan fingerprint density at radius 3 is 2.10 bits per heavy atom. The van der Waals surface area contributed by atoms with E-state index >= 15 is 0 Å². The Morgan fingerprint density at radius 2 is 1.59 bits per heavy atom. The van der Waals surface area contributed by atoms with E-state index in [1.54, 1.807) is 0 Å². The summed E-state index contributed by atoms with van der Waals surface area (Å²) in [5.41, 5.74) is 4.92. The molecule has 1 aliphatic rings. The number of nitrogens with two attached hydrogens (primary N) is 1. The van der Waals surface area contributed by atoms with Crippen LogP contribution >= 0.6 is 7.82 Å². The number of carbonyl (C=O) groups is 1. The van der Waals surface area contributed by atoms with Gasteiger partial charge in [-0.3, -0.25) is 9.13 Å². The molecule has 224 valence electrons. The number of nitrogen functional groups attached to an aromatic ring is 1. The van der Waals surface area contributed by atoms with Crippen LogP contribution in [0.3, 0.4) is 0 Å². The largest absolute Gasteiger partial charge is 1.00 e. The number of hydrogen-bond donors (Lipinski definition) is 1. The van der Waals surface area contributed by atoms with Crippen molar-refractivity contribution in [2.45, 2.75) is 135 Å². The van der Waals surface area contributed by atoms with Crippen LogP contribution in [0.2, 0.25) is 0 Å². The van der Waals surface area contributed by atoms with Crippen LogP contribution in [0.15, 0.2) is 17.1 Å². The van der Waals surface area contributed by atoms with Crippen LogP contribution in [-0.2, 0) is 23.1 Å². The maximum absolute atomic E-state index is 12.3. The Morgan fingerprint density at radius 1 is 1.05 bits per heavy atom. The third-order valence-electron chi connectivity index (χ3n) is 7.00. The molecule has 14 heteroatoms. The number of carboxylic acid groups (broad SMARTS) is 1. The van der Waals surface area contributed by atoms with Crippen LogP contribution in [-0.4, -0.2) is 34.3 Å². The summed E-state index contributed by atoms with van der Waals surface area (Å²) in [4.78, 5) is 39.3. The van der Waals surface area contributed by atoms with Crippen molar-refractivity contribution >= 4 is 19.6 Å². The van der Waals surface area contributed by atoms with Gasteiger partial charge in [0, 0.05) is 6.20 Å². The second-order valence-corrected chi connectivity index (χ2v) is 11.7. The van der Waals surface area contributed by atoms with Crippen LogP contribution in [0.25, 0.3) is 0 Å². The smallest absolute Gasteiger partial charge is 0.756 e. The summed E-state index contributed by atoms with van der Waals surface area (Å²) >= 11 is 0. The van der Waals surface area contributed by atoms with Gasteiger partial charge in [0.05, 0.1) is 18.7 Å². The van der Waals surface area contributed by atoms with Gasteiger partial charge in [-0.15, -0.1) is 0 Å². The number of aromatic nitrogens is 2. The molecule has 11 nitrogen and oxygen atoms in total. The summed E-state index contributed by atoms with van der Waals surface area (Å²) in [5.74, 6) is -1.49. The first-order chi connectivity index (χ1) is 18.7. The Labute approximate surface area is 288 Å². The number of aliphatic carboxylic acids is 1. The fourth-order valence-electron chi connectivity index (χ4n) is 4.76. The van der Waals surface area contributed by atoms with E-state index in [9.17, 15) is 24.2 Å². The van der Waals surface area contributed by atoms with Crippen molar-refractivity contribution in [2.24, 2.45) is 0 Å². The van der Waals surface area contributed by atoms with Crippen molar-refractivity contribution in [1.82, 2.24) is 9.55 Å². The number of anilines is 1. The van der Waals surface area contributed by atoms with Crippen LogP contribution in [0.5, 0.6) is 0 Å². The standard InChI is InChI=1S/C27H48N3O8P.2Na/c1-2-3-4-5-6-7-8-9-10-11-12-13-14-15-16-23(26(31)32)38-39(34,35)36-21-22-17-18-25(37-22)30-20-19-24(28)29-27(30)33;;/h19-20,22-23,25H,2-18,21H2,1H3,(H,31,32)(H,34,35)(H2,28,29,33);;/q;2*+1/p-2/t22-,23?,25+;;/m0../s1. The minimum atomic E-state index is -4.90. The second-order valence-electron chi connectivity index (χ2n) is 10.4. The number of phosphoric acid groups is 1. The maximum Gasteiger partial charge on any atom is 1.00 e. The summed E-state index contributed by atoms with van der Waals surface area (Å²) in [7, 11) is -4.90. The normalized spacial score (nSPS) is 18.7. The summed E-state index contributed by atoms with van der Waals surface area (Å²) in [5, 5.41) is 11.4. The summed E-state index contributed by atoms with van der Waals surface area (Å²) in [6.45, 7) is 1.88. The first-order valence-corrected chi connectivity index (χ1v) is 16.0. The van der Waals surface area contributed by atoms with E-state index in [1.165, 1.54) is 74.6 Å². The van der Waals surface area contributed by atoms with E-state index in [4.69, 9.17) is 19.5 Å². The average molecular weight is 618 g/mol. The maximum atomic E-state index is 12.3. The molecule has 0 spiro atoms. The number of hydrogen-bond acceptors (Lipinski definition) is 10. The summed E-state index contributed by atoms with van der Waals surface area (Å²) in [6.07, 6.45) is 15.8. The molecule has 0 radical (unpaired) electrons. The van der Waals surface area contributed by atoms with Crippen molar-refractivity contribution in [3.8, 4) is 0 Å². The van der Waals surface area contributed by atoms with E-state index in [1.807, 2.05) is 0 Å². The molecular weight excluding hydrogens is 571 g/mol. The topological polar surface area (TPSA) is 169 Å². The molecule has 1 aliphatic heterocycles. The molecule has 0 aliphatic carbocycles. The van der Waals surface area contributed by atoms with E-state index in [-0.39, 0.29) is 78.0 Å². The average Bonchev–Trinajstić information content (AvgIpc) is 3.35. The van der Waals surface area contributed by atoms with Gasteiger partial charge >= 0.3 is 64.8 Å². The predicted molar refractivity (Wildman–Crippen MR) is 144 cm³/mol. The van der Waals surface area contributed by atoms with E-state index < -0.39 is 37.9 Å². The number of nitrogens with zero attached hydrogens (tertiary/aromatic N) is 2. The van der Waals surface area contributed by atoms with Crippen LogP contribution in [0.1, 0.15) is 122 Å². The Bertz CT molecular complexity index is 955. The minimum Gasteiger partial charge on any atom is -0.756 e. The third-order valence-corrected chi connectivity index (χ3v) is 7.98. The monoisotopic (exact) mass is 617 g/mol. The van der Waals surface area contributed by atoms with Gasteiger partial charge in [0.1, 0.15) is 18.1 Å². The number of carbonyl (C=O) groups excluding carboxylic acids is 1. The molecule has 2 rings (SSSR count). The van der Waals surface area contributed by atoms with Gasteiger partial charge in [-0.2, -0.15) is 4.98 Å². The van der Waals surface area contributed by atoms with Crippen molar-refractivity contribution in [3.05, 3.63) is 22.7 Å². The number of carboxylic acids is 1. The van der Waals surface area contributed by atoms with Crippen LogP contribution < -0.4 is 80.5 Å². The SMILES string of the molecule is CCCCCCCCCCCCCCCCC(OP(=O)([O-])OC[C@@H]1CC[C@H](n2ccc(N)nc2=O)O1)C(=O)[O-].[Na+].[Na+]. The van der Waals surface area contributed by atoms with Crippen molar-refractivity contribution < 1.29 is 92.3 Å². The second kappa shape index (κ2) is 23.6. The predicted octanol–water partition coefficient (Wildman–Crippen LogP) is -2.00. The fraction of sp³-hybridized carbons (Fsp3) is 0.815. The molecule has 0 aromatic carbocycles. The molecule has 2 heterocycles. The zero-order chi connectivity index (χ0) is 28.5. The van der Waals surface area contributed by atoms with Gasteiger partial charge in [-0.1, -0.05) is 96.8 Å². The van der Waals surface area contributed by atoms with E-state index in [0.29, 0.717) is 19.3 Å². The minimum absolute atomic E-state index is 0. The Balaban J connectivity index is 0.00000800. The van der Waals surface area contributed by atoms with Gasteiger partial charge in [-0.05, 0) is 25.3 Å². The molecule has 2 unspecified atom stereocenters.